The molecule has 0 aliphatic heterocycles. The monoisotopic (exact) mass is 395 g/mol. The number of carbonyl (C=O) groups excluding carboxylic acids is 1. The third-order valence-corrected chi connectivity index (χ3v) is 5.04. The minimum atomic E-state index is -0.252. The van der Waals surface area contributed by atoms with Crippen molar-refractivity contribution in [3.8, 4) is 11.3 Å². The lowest BCUT2D eigenvalue weighted by molar-refractivity contribution is 0.0990. The van der Waals surface area contributed by atoms with Crippen LogP contribution in [0.15, 0.2) is 101 Å². The molecule has 1 heterocycles. The molecule has 0 aliphatic rings. The van der Waals surface area contributed by atoms with Crippen LogP contribution in [0.25, 0.3) is 22.3 Å². The molecule has 0 saturated carbocycles. The maximum absolute atomic E-state index is 13.5. The average Bonchev–Trinajstić information content (AvgIpc) is 2.80. The van der Waals surface area contributed by atoms with Gasteiger partial charge in [0.1, 0.15) is 5.76 Å². The van der Waals surface area contributed by atoms with Gasteiger partial charge in [0.25, 0.3) is 5.91 Å². The molecule has 1 amide bonds. The fourth-order valence-corrected chi connectivity index (χ4v) is 3.53. The van der Waals surface area contributed by atoms with Gasteiger partial charge < -0.3 is 9.32 Å². The van der Waals surface area contributed by atoms with E-state index in [0.717, 1.165) is 11.3 Å². The number of carbonyl (C=O) groups is 1. The maximum atomic E-state index is 13.5. The molecule has 1 aromatic heterocycles. The number of rotatable bonds is 5. The number of fused-ring (bicyclic) bond motifs is 1. The average molecular weight is 395 g/mol. The van der Waals surface area contributed by atoms with Gasteiger partial charge in [-0.1, -0.05) is 60.7 Å². The molecule has 4 nitrogen and oxygen atoms in total. The third kappa shape index (κ3) is 3.44. The Morgan fingerprint density at radius 3 is 2.30 bits per heavy atom. The summed E-state index contributed by atoms with van der Waals surface area (Å²) < 4.78 is 6.20. The Morgan fingerprint density at radius 1 is 0.967 bits per heavy atom. The highest BCUT2D eigenvalue weighted by molar-refractivity contribution is 6.13. The molecule has 0 radical (unpaired) electrons. The molecule has 3 aromatic carbocycles. The predicted molar refractivity (Wildman–Crippen MR) is 121 cm³/mol. The van der Waals surface area contributed by atoms with Gasteiger partial charge in [0.15, 0.2) is 11.0 Å². The fourth-order valence-electron chi connectivity index (χ4n) is 3.53. The van der Waals surface area contributed by atoms with E-state index < -0.39 is 0 Å². The summed E-state index contributed by atoms with van der Waals surface area (Å²) in [6, 6.07) is 23.9. The molecule has 4 heteroatoms. The lowest BCUT2D eigenvalue weighted by Crippen LogP contribution is -2.31. The van der Waals surface area contributed by atoms with Crippen molar-refractivity contribution in [2.75, 3.05) is 11.4 Å². The number of hydrogen-bond acceptors (Lipinski definition) is 3. The number of nitrogens with zero attached hydrogens (tertiary/aromatic N) is 1. The Kier molecular flexibility index (Phi) is 5.31. The van der Waals surface area contributed by atoms with Crippen LogP contribution in [0, 0.1) is 6.92 Å². The van der Waals surface area contributed by atoms with E-state index in [2.05, 4.69) is 6.58 Å². The summed E-state index contributed by atoms with van der Waals surface area (Å²) >= 11 is 0. The first kappa shape index (κ1) is 19.4. The summed E-state index contributed by atoms with van der Waals surface area (Å²) in [6.45, 7) is 5.86. The van der Waals surface area contributed by atoms with E-state index in [9.17, 15) is 9.59 Å². The normalized spacial score (nSPS) is 10.7. The van der Waals surface area contributed by atoms with Crippen LogP contribution < -0.4 is 10.3 Å². The first-order chi connectivity index (χ1) is 14.6. The van der Waals surface area contributed by atoms with Crippen molar-refractivity contribution in [1.29, 1.82) is 0 Å². The molecular formula is C26H21NO3. The zero-order chi connectivity index (χ0) is 21.1. The van der Waals surface area contributed by atoms with E-state index in [-0.39, 0.29) is 11.3 Å². The zero-order valence-corrected chi connectivity index (χ0v) is 16.7. The Balaban J connectivity index is 1.93. The summed E-state index contributed by atoms with van der Waals surface area (Å²) in [6.07, 6.45) is 1.67. The Bertz CT molecular complexity index is 1270. The van der Waals surface area contributed by atoms with Crippen LogP contribution >= 0.6 is 0 Å². The molecule has 30 heavy (non-hydrogen) atoms. The second-order valence-electron chi connectivity index (χ2n) is 6.97. The molecular weight excluding hydrogens is 374 g/mol. The number of para-hydroxylation sites is 2. The summed E-state index contributed by atoms with van der Waals surface area (Å²) in [5.74, 6) is 0.223. The van der Waals surface area contributed by atoms with E-state index in [1.807, 2.05) is 60.7 Å². The van der Waals surface area contributed by atoms with Crippen molar-refractivity contribution < 1.29 is 9.21 Å². The molecule has 4 rings (SSSR count). The quantitative estimate of drug-likeness (QED) is 0.413. The van der Waals surface area contributed by atoms with Gasteiger partial charge in [0.2, 0.25) is 0 Å². The Hall–Kier alpha value is -3.92. The first-order valence-corrected chi connectivity index (χ1v) is 9.71. The van der Waals surface area contributed by atoms with E-state index in [1.165, 1.54) is 0 Å². The lowest BCUT2D eigenvalue weighted by Gasteiger charge is -2.22. The molecule has 148 valence electrons. The van der Waals surface area contributed by atoms with E-state index in [4.69, 9.17) is 4.42 Å². The van der Waals surface area contributed by atoms with Crippen LogP contribution in [0.2, 0.25) is 0 Å². The van der Waals surface area contributed by atoms with Gasteiger partial charge in [-0.15, -0.1) is 6.58 Å². The predicted octanol–water partition coefficient (Wildman–Crippen LogP) is 5.60. The SMILES string of the molecule is C=CCN(C(=O)c1cccc2c(=O)c(C)c(-c3ccccc3)oc12)c1ccccc1. The van der Waals surface area contributed by atoms with Gasteiger partial charge in [0, 0.05) is 23.4 Å². The fraction of sp³-hybridized carbons (Fsp3) is 0.0769. The van der Waals surface area contributed by atoms with Gasteiger partial charge in [-0.05, 0) is 31.2 Å². The number of benzene rings is 3. The smallest absolute Gasteiger partial charge is 0.262 e. The second kappa shape index (κ2) is 8.21. The van der Waals surface area contributed by atoms with Crippen molar-refractivity contribution in [2.45, 2.75) is 6.92 Å². The molecule has 0 aliphatic carbocycles. The topological polar surface area (TPSA) is 50.5 Å². The summed E-state index contributed by atoms with van der Waals surface area (Å²) in [5, 5.41) is 0.393. The molecule has 0 bridgehead atoms. The van der Waals surface area contributed by atoms with E-state index in [1.54, 1.807) is 36.1 Å². The van der Waals surface area contributed by atoms with Crippen LogP contribution in [-0.2, 0) is 0 Å². The second-order valence-corrected chi connectivity index (χ2v) is 6.97. The van der Waals surface area contributed by atoms with Gasteiger partial charge in [-0.25, -0.2) is 0 Å². The number of amides is 1. The molecule has 0 saturated heterocycles. The van der Waals surface area contributed by atoms with Crippen LogP contribution in [0.1, 0.15) is 15.9 Å². The van der Waals surface area contributed by atoms with Gasteiger partial charge >= 0.3 is 0 Å². The highest BCUT2D eigenvalue weighted by Crippen LogP contribution is 2.28. The van der Waals surface area contributed by atoms with Gasteiger partial charge in [0.05, 0.1) is 10.9 Å². The van der Waals surface area contributed by atoms with Crippen LogP contribution in [0.4, 0.5) is 5.69 Å². The van der Waals surface area contributed by atoms with Gasteiger partial charge in [-0.2, -0.15) is 0 Å². The van der Waals surface area contributed by atoms with Crippen LogP contribution in [0.5, 0.6) is 0 Å². The molecule has 0 unspecified atom stereocenters. The van der Waals surface area contributed by atoms with Crippen molar-refractivity contribution in [1.82, 2.24) is 0 Å². The van der Waals surface area contributed by atoms with Crippen LogP contribution in [0.3, 0.4) is 0 Å². The largest absolute Gasteiger partial charge is 0.455 e. The van der Waals surface area contributed by atoms with E-state index in [0.29, 0.717) is 34.4 Å². The maximum Gasteiger partial charge on any atom is 0.262 e. The highest BCUT2D eigenvalue weighted by Gasteiger charge is 2.22. The standard InChI is InChI=1S/C26H21NO3/c1-3-17-27(20-13-8-5-9-14-20)26(29)22-16-10-15-21-23(28)18(2)24(30-25(21)22)19-11-6-4-7-12-19/h3-16H,1,17H2,2H3. The van der Waals surface area contributed by atoms with Crippen LogP contribution in [-0.4, -0.2) is 12.5 Å². The summed E-state index contributed by atoms with van der Waals surface area (Å²) in [7, 11) is 0. The van der Waals surface area contributed by atoms with Gasteiger partial charge in [-0.3, -0.25) is 9.59 Å². The van der Waals surface area contributed by atoms with Crippen molar-refractivity contribution in [3.05, 3.63) is 113 Å². The van der Waals surface area contributed by atoms with Crippen molar-refractivity contribution in [3.63, 3.8) is 0 Å². The molecule has 0 atom stereocenters. The number of anilines is 1. The minimum absolute atomic E-state index is 0.139. The highest BCUT2D eigenvalue weighted by atomic mass is 16.3. The zero-order valence-electron chi connectivity index (χ0n) is 16.7. The summed E-state index contributed by atoms with van der Waals surface area (Å²) in [5.41, 5.74) is 2.55. The molecule has 0 N–H and O–H groups in total. The first-order valence-electron chi connectivity index (χ1n) is 9.71. The lowest BCUT2D eigenvalue weighted by atomic mass is 10.0. The molecule has 4 aromatic rings. The van der Waals surface area contributed by atoms with Crippen molar-refractivity contribution in [2.24, 2.45) is 0 Å². The van der Waals surface area contributed by atoms with Crippen molar-refractivity contribution >= 4 is 22.6 Å². The summed E-state index contributed by atoms with van der Waals surface area (Å²) in [4.78, 5) is 28.2. The Labute approximate surface area is 174 Å². The Morgan fingerprint density at radius 2 is 1.63 bits per heavy atom. The minimum Gasteiger partial charge on any atom is -0.455 e. The number of hydrogen-bond donors (Lipinski definition) is 0. The van der Waals surface area contributed by atoms with E-state index >= 15 is 0 Å². The third-order valence-electron chi connectivity index (χ3n) is 5.04. The molecule has 0 fully saturated rings. The molecule has 0 spiro atoms.